The third-order valence-corrected chi connectivity index (χ3v) is 4.31. The molecule has 0 radical (unpaired) electrons. The van der Waals surface area contributed by atoms with Crippen LogP contribution < -0.4 is 14.8 Å². The number of rotatable bonds is 2. The number of carbonyl (C=O) groups is 2. The van der Waals surface area contributed by atoms with E-state index in [0.717, 1.165) is 0 Å². The monoisotopic (exact) mass is 362 g/mol. The predicted molar refractivity (Wildman–Crippen MR) is 95.3 cm³/mol. The number of piperidine rings is 1. The zero-order chi connectivity index (χ0) is 18.7. The van der Waals surface area contributed by atoms with Crippen molar-refractivity contribution in [1.29, 1.82) is 0 Å². The molecule has 26 heavy (non-hydrogen) atoms. The SMILES string of the molecule is CC(C)(C)OC(=O)NC1CCN(C(=O)C2COc3ccccc3O2)CC1. The Morgan fingerprint density at radius 3 is 2.46 bits per heavy atom. The summed E-state index contributed by atoms with van der Waals surface area (Å²) in [5.41, 5.74) is -0.518. The number of para-hydroxylation sites is 2. The Bertz CT molecular complexity index is 662. The Morgan fingerprint density at radius 2 is 1.81 bits per heavy atom. The van der Waals surface area contributed by atoms with Crippen molar-refractivity contribution in [2.75, 3.05) is 19.7 Å². The van der Waals surface area contributed by atoms with Crippen LogP contribution >= 0.6 is 0 Å². The molecule has 1 saturated heterocycles. The molecule has 0 spiro atoms. The van der Waals surface area contributed by atoms with Gasteiger partial charge in [0.25, 0.3) is 5.91 Å². The van der Waals surface area contributed by atoms with Crippen molar-refractivity contribution in [2.24, 2.45) is 0 Å². The van der Waals surface area contributed by atoms with Gasteiger partial charge in [0.05, 0.1) is 0 Å². The van der Waals surface area contributed by atoms with E-state index in [0.29, 0.717) is 37.4 Å². The number of nitrogens with zero attached hydrogens (tertiary/aromatic N) is 1. The maximum absolute atomic E-state index is 12.7. The lowest BCUT2D eigenvalue weighted by molar-refractivity contribution is -0.142. The van der Waals surface area contributed by atoms with Gasteiger partial charge >= 0.3 is 6.09 Å². The van der Waals surface area contributed by atoms with Crippen LogP contribution in [0.3, 0.4) is 0 Å². The van der Waals surface area contributed by atoms with Crippen molar-refractivity contribution < 1.29 is 23.8 Å². The molecule has 7 heteroatoms. The second kappa shape index (κ2) is 7.43. The zero-order valence-electron chi connectivity index (χ0n) is 15.5. The molecule has 0 bridgehead atoms. The first kappa shape index (κ1) is 18.4. The molecule has 0 aliphatic carbocycles. The molecule has 1 atom stereocenters. The van der Waals surface area contributed by atoms with Crippen molar-refractivity contribution in [1.82, 2.24) is 10.2 Å². The van der Waals surface area contributed by atoms with Crippen LogP contribution in [0.15, 0.2) is 24.3 Å². The highest BCUT2D eigenvalue weighted by Crippen LogP contribution is 2.31. The quantitative estimate of drug-likeness (QED) is 0.874. The predicted octanol–water partition coefficient (Wildman–Crippen LogP) is 2.34. The van der Waals surface area contributed by atoms with E-state index in [1.165, 1.54) is 0 Å². The molecule has 3 rings (SSSR count). The first-order chi connectivity index (χ1) is 12.3. The normalized spacial score (nSPS) is 20.4. The average molecular weight is 362 g/mol. The third-order valence-electron chi connectivity index (χ3n) is 4.31. The molecule has 1 aromatic rings. The fourth-order valence-corrected chi connectivity index (χ4v) is 3.06. The highest BCUT2D eigenvalue weighted by molar-refractivity contribution is 5.82. The standard InChI is InChI=1S/C19H26N2O5/c1-19(2,3)26-18(23)20-13-8-10-21(11-9-13)17(22)16-12-24-14-6-4-5-7-15(14)25-16/h4-7,13,16H,8-12H2,1-3H3,(H,20,23). The van der Waals surface area contributed by atoms with Crippen LogP contribution in [0.25, 0.3) is 0 Å². The Labute approximate surface area is 153 Å². The Hall–Kier alpha value is -2.44. The molecule has 1 aromatic carbocycles. The number of amides is 2. The highest BCUT2D eigenvalue weighted by atomic mass is 16.6. The molecule has 1 fully saturated rings. The summed E-state index contributed by atoms with van der Waals surface area (Å²) in [4.78, 5) is 26.3. The molecule has 2 amide bonds. The van der Waals surface area contributed by atoms with Gasteiger partial charge in [-0.05, 0) is 45.7 Å². The third kappa shape index (κ3) is 4.59. The summed E-state index contributed by atoms with van der Waals surface area (Å²) in [6, 6.07) is 7.35. The molecule has 1 N–H and O–H groups in total. The topological polar surface area (TPSA) is 77.1 Å². The number of nitrogens with one attached hydrogen (secondary N) is 1. The molecule has 0 aromatic heterocycles. The van der Waals surface area contributed by atoms with Gasteiger partial charge in [-0.1, -0.05) is 12.1 Å². The number of ether oxygens (including phenoxy) is 3. The molecular formula is C19H26N2O5. The second-order valence-electron chi connectivity index (χ2n) is 7.61. The molecule has 0 saturated carbocycles. The van der Waals surface area contributed by atoms with E-state index in [9.17, 15) is 9.59 Å². The Morgan fingerprint density at radius 1 is 1.15 bits per heavy atom. The molecule has 142 valence electrons. The van der Waals surface area contributed by atoms with Crippen LogP contribution in [0.5, 0.6) is 11.5 Å². The minimum absolute atomic E-state index is 0.0122. The van der Waals surface area contributed by atoms with Crippen molar-refractivity contribution in [3.05, 3.63) is 24.3 Å². The maximum atomic E-state index is 12.7. The second-order valence-corrected chi connectivity index (χ2v) is 7.61. The summed E-state index contributed by atoms with van der Waals surface area (Å²) in [6.45, 7) is 6.85. The Balaban J connectivity index is 1.48. The van der Waals surface area contributed by atoms with Crippen molar-refractivity contribution in [2.45, 2.75) is 51.4 Å². The van der Waals surface area contributed by atoms with Crippen molar-refractivity contribution >= 4 is 12.0 Å². The highest BCUT2D eigenvalue weighted by Gasteiger charge is 2.33. The first-order valence-corrected chi connectivity index (χ1v) is 8.98. The van der Waals surface area contributed by atoms with Crippen LogP contribution in [0, 0.1) is 0 Å². The molecule has 2 heterocycles. The summed E-state index contributed by atoms with van der Waals surface area (Å²) < 4.78 is 16.7. The number of alkyl carbamates (subject to hydrolysis) is 1. The van der Waals surface area contributed by atoms with Crippen molar-refractivity contribution in [3.63, 3.8) is 0 Å². The zero-order valence-corrected chi connectivity index (χ0v) is 15.5. The number of carbonyl (C=O) groups excluding carboxylic acids is 2. The summed E-state index contributed by atoms with van der Waals surface area (Å²) in [5.74, 6) is 1.19. The largest absolute Gasteiger partial charge is 0.485 e. The summed E-state index contributed by atoms with van der Waals surface area (Å²) >= 11 is 0. The van der Waals surface area contributed by atoms with E-state index in [2.05, 4.69) is 5.32 Å². The minimum Gasteiger partial charge on any atom is -0.485 e. The van der Waals surface area contributed by atoms with E-state index in [1.54, 1.807) is 11.0 Å². The number of hydrogen-bond acceptors (Lipinski definition) is 5. The van der Waals surface area contributed by atoms with E-state index >= 15 is 0 Å². The van der Waals surface area contributed by atoms with Crippen LogP contribution in [-0.4, -0.2) is 54.3 Å². The van der Waals surface area contributed by atoms with Gasteiger partial charge in [-0.15, -0.1) is 0 Å². The van der Waals surface area contributed by atoms with Crippen LogP contribution in [0.4, 0.5) is 4.79 Å². The smallest absolute Gasteiger partial charge is 0.407 e. The van der Waals surface area contributed by atoms with Gasteiger partial charge in [0.15, 0.2) is 11.5 Å². The van der Waals surface area contributed by atoms with Gasteiger partial charge in [0, 0.05) is 19.1 Å². The van der Waals surface area contributed by atoms with Gasteiger partial charge in [-0.2, -0.15) is 0 Å². The summed E-state index contributed by atoms with van der Waals surface area (Å²) in [6.07, 6.45) is 0.341. The fourth-order valence-electron chi connectivity index (χ4n) is 3.06. The minimum atomic E-state index is -0.625. The summed E-state index contributed by atoms with van der Waals surface area (Å²) in [7, 11) is 0. The lowest BCUT2D eigenvalue weighted by atomic mass is 10.0. The number of benzene rings is 1. The molecular weight excluding hydrogens is 336 g/mol. The van der Waals surface area contributed by atoms with Gasteiger partial charge in [-0.25, -0.2) is 4.79 Å². The maximum Gasteiger partial charge on any atom is 0.407 e. The summed E-state index contributed by atoms with van der Waals surface area (Å²) in [5, 5.41) is 2.87. The lowest BCUT2D eigenvalue weighted by Crippen LogP contribution is -2.52. The number of likely N-dealkylation sites (tertiary alicyclic amines) is 1. The molecule has 7 nitrogen and oxygen atoms in total. The van der Waals surface area contributed by atoms with Gasteiger partial charge in [0.2, 0.25) is 6.10 Å². The lowest BCUT2D eigenvalue weighted by Gasteiger charge is -2.35. The van der Waals surface area contributed by atoms with Gasteiger partial charge in [-0.3, -0.25) is 4.79 Å². The Kier molecular flexibility index (Phi) is 5.25. The molecule has 1 unspecified atom stereocenters. The average Bonchev–Trinajstić information content (AvgIpc) is 2.59. The van der Waals surface area contributed by atoms with Gasteiger partial charge in [0.1, 0.15) is 12.2 Å². The molecule has 2 aliphatic rings. The van der Waals surface area contributed by atoms with Gasteiger partial charge < -0.3 is 24.4 Å². The number of fused-ring (bicyclic) bond motifs is 1. The van der Waals surface area contributed by atoms with E-state index in [-0.39, 0.29) is 18.6 Å². The molecule has 2 aliphatic heterocycles. The number of hydrogen-bond donors (Lipinski definition) is 1. The van der Waals surface area contributed by atoms with Crippen LogP contribution in [-0.2, 0) is 9.53 Å². The van der Waals surface area contributed by atoms with E-state index in [1.807, 2.05) is 39.0 Å². The van der Waals surface area contributed by atoms with E-state index in [4.69, 9.17) is 14.2 Å². The van der Waals surface area contributed by atoms with Crippen molar-refractivity contribution in [3.8, 4) is 11.5 Å². The first-order valence-electron chi connectivity index (χ1n) is 8.98. The van der Waals surface area contributed by atoms with Crippen LogP contribution in [0.1, 0.15) is 33.6 Å². The fraction of sp³-hybridized carbons (Fsp3) is 0.579. The van der Waals surface area contributed by atoms with E-state index < -0.39 is 17.8 Å². The van der Waals surface area contributed by atoms with Crippen LogP contribution in [0.2, 0.25) is 0 Å².